The fourth-order valence-corrected chi connectivity index (χ4v) is 4.89. The fraction of sp³-hybridized carbons (Fsp3) is 0.323. The molecule has 1 unspecified atom stereocenters. The van der Waals surface area contributed by atoms with E-state index in [1.54, 1.807) is 0 Å². The van der Waals surface area contributed by atoms with Crippen molar-refractivity contribution in [3.8, 4) is 11.1 Å². The van der Waals surface area contributed by atoms with Gasteiger partial charge in [-0.1, -0.05) is 92.4 Å². The summed E-state index contributed by atoms with van der Waals surface area (Å²) in [6.45, 7) is 0. The topological polar surface area (TPSA) is 63.2 Å². The molecule has 1 aliphatic carbocycles. The Labute approximate surface area is 207 Å². The van der Waals surface area contributed by atoms with Crippen molar-refractivity contribution < 1.29 is 14.4 Å². The Balaban J connectivity index is 1.30. The molecule has 3 aromatic rings. The highest BCUT2D eigenvalue weighted by Crippen LogP contribution is 2.29. The molecule has 4 rings (SSSR count). The second kappa shape index (κ2) is 12.3. The van der Waals surface area contributed by atoms with Crippen LogP contribution in [0.15, 0.2) is 78.9 Å². The molecule has 0 aliphatic heterocycles. The maximum atomic E-state index is 12.7. The molecule has 0 aromatic heterocycles. The Hall–Kier alpha value is -3.53. The van der Waals surface area contributed by atoms with Crippen molar-refractivity contribution in [2.24, 2.45) is 11.8 Å². The maximum absolute atomic E-state index is 12.7. The summed E-state index contributed by atoms with van der Waals surface area (Å²) in [7, 11) is 0. The van der Waals surface area contributed by atoms with Gasteiger partial charge < -0.3 is 10.1 Å². The van der Waals surface area contributed by atoms with E-state index in [2.05, 4.69) is 5.32 Å². The number of benzene rings is 3. The molecule has 0 radical (unpaired) electrons. The van der Waals surface area contributed by atoms with E-state index in [0.29, 0.717) is 24.3 Å². The van der Waals surface area contributed by atoms with Crippen LogP contribution in [0, 0.1) is 11.8 Å². The summed E-state index contributed by atoms with van der Waals surface area (Å²) in [4.78, 5) is 36.5. The van der Waals surface area contributed by atoms with Crippen LogP contribution in [0.4, 0.5) is 5.69 Å². The van der Waals surface area contributed by atoms with Gasteiger partial charge in [-0.3, -0.25) is 9.59 Å². The molecule has 4 nitrogen and oxygen atoms in total. The van der Waals surface area contributed by atoms with Gasteiger partial charge in [0.15, 0.2) is 5.78 Å². The largest absolute Gasteiger partial charge is 0.326 e. The van der Waals surface area contributed by atoms with Crippen LogP contribution in [0.5, 0.6) is 0 Å². The number of hydrogen-bond acceptors (Lipinski definition) is 3. The van der Waals surface area contributed by atoms with Crippen LogP contribution >= 0.6 is 0 Å². The van der Waals surface area contributed by atoms with Gasteiger partial charge in [-0.05, 0) is 47.6 Å². The molecular formula is C31H33NO3. The van der Waals surface area contributed by atoms with Crippen molar-refractivity contribution >= 4 is 23.7 Å². The van der Waals surface area contributed by atoms with Gasteiger partial charge in [-0.2, -0.15) is 0 Å². The quantitative estimate of drug-likeness (QED) is 0.247. The number of aldehydes is 1. The average Bonchev–Trinajstić information content (AvgIpc) is 3.42. The summed E-state index contributed by atoms with van der Waals surface area (Å²) in [5.41, 5.74) is 4.48. The van der Waals surface area contributed by atoms with Crippen LogP contribution in [0.3, 0.4) is 0 Å². The Morgan fingerprint density at radius 1 is 0.857 bits per heavy atom. The van der Waals surface area contributed by atoms with Crippen LogP contribution in [0.25, 0.3) is 11.1 Å². The van der Waals surface area contributed by atoms with Crippen molar-refractivity contribution in [1.82, 2.24) is 0 Å². The molecule has 3 aromatic carbocycles. The van der Waals surface area contributed by atoms with E-state index >= 15 is 0 Å². The molecule has 180 valence electrons. The minimum atomic E-state index is -0.328. The number of ketones is 1. The van der Waals surface area contributed by atoms with E-state index in [0.717, 1.165) is 35.1 Å². The van der Waals surface area contributed by atoms with Crippen LogP contribution in [-0.2, 0) is 16.0 Å². The van der Waals surface area contributed by atoms with Gasteiger partial charge in [0, 0.05) is 30.0 Å². The van der Waals surface area contributed by atoms with Crippen molar-refractivity contribution in [3.05, 3.63) is 90.0 Å². The number of amides is 1. The normalized spacial score (nSPS) is 14.4. The zero-order valence-electron chi connectivity index (χ0n) is 20.1. The predicted octanol–water partition coefficient (Wildman–Crippen LogP) is 6.89. The molecular weight excluding hydrogens is 434 g/mol. The first-order valence-corrected chi connectivity index (χ1v) is 12.6. The molecule has 0 saturated heterocycles. The molecule has 0 bridgehead atoms. The number of nitrogens with one attached hydrogen (secondary N) is 1. The van der Waals surface area contributed by atoms with Gasteiger partial charge in [-0.15, -0.1) is 0 Å². The highest BCUT2D eigenvalue weighted by atomic mass is 16.1. The number of rotatable bonds is 11. The van der Waals surface area contributed by atoms with E-state index < -0.39 is 0 Å². The highest BCUT2D eigenvalue weighted by Gasteiger charge is 2.17. The fourth-order valence-electron chi connectivity index (χ4n) is 4.89. The summed E-state index contributed by atoms with van der Waals surface area (Å²) in [6.07, 6.45) is 8.34. The van der Waals surface area contributed by atoms with Crippen LogP contribution in [0.2, 0.25) is 0 Å². The van der Waals surface area contributed by atoms with Crippen molar-refractivity contribution in [1.29, 1.82) is 0 Å². The van der Waals surface area contributed by atoms with Crippen molar-refractivity contribution in [2.45, 2.75) is 51.4 Å². The number of anilines is 1. The SMILES string of the molecule is O=CC(CC(=O)c1ccc(-c2ccc(NC(=O)CCC3CCCC3)cc2)cc1)Cc1ccccc1. The molecule has 1 amide bonds. The van der Waals surface area contributed by atoms with Crippen molar-refractivity contribution in [3.63, 3.8) is 0 Å². The highest BCUT2D eigenvalue weighted by molar-refractivity contribution is 5.97. The van der Waals surface area contributed by atoms with Gasteiger partial charge in [0.1, 0.15) is 6.29 Å². The maximum Gasteiger partial charge on any atom is 0.224 e. The lowest BCUT2D eigenvalue weighted by molar-refractivity contribution is -0.116. The van der Waals surface area contributed by atoms with Crippen molar-refractivity contribution in [2.75, 3.05) is 5.32 Å². The summed E-state index contributed by atoms with van der Waals surface area (Å²) in [6, 6.07) is 25.1. The third-order valence-corrected chi connectivity index (χ3v) is 6.94. The molecule has 4 heteroatoms. The first-order valence-electron chi connectivity index (χ1n) is 12.6. The molecule has 1 atom stereocenters. The molecule has 0 spiro atoms. The zero-order valence-corrected chi connectivity index (χ0v) is 20.1. The van der Waals surface area contributed by atoms with E-state index in [1.807, 2.05) is 78.9 Å². The summed E-state index contributed by atoms with van der Waals surface area (Å²) in [5, 5.41) is 3.00. The second-order valence-electron chi connectivity index (χ2n) is 9.61. The van der Waals surface area contributed by atoms with Gasteiger partial charge in [0.2, 0.25) is 5.91 Å². The molecule has 1 fully saturated rings. The van der Waals surface area contributed by atoms with Gasteiger partial charge in [0.25, 0.3) is 0 Å². The number of carbonyl (C=O) groups is 3. The average molecular weight is 468 g/mol. The molecule has 1 N–H and O–H groups in total. The van der Waals surface area contributed by atoms with E-state index in [1.165, 1.54) is 25.7 Å². The molecule has 1 saturated carbocycles. The first kappa shape index (κ1) is 24.6. The molecule has 35 heavy (non-hydrogen) atoms. The first-order chi connectivity index (χ1) is 17.1. The summed E-state index contributed by atoms with van der Waals surface area (Å²) < 4.78 is 0. The lowest BCUT2D eigenvalue weighted by Gasteiger charge is -2.11. The lowest BCUT2D eigenvalue weighted by Crippen LogP contribution is -2.13. The number of Topliss-reactive ketones (excluding diaryl/α,β-unsaturated/α-hetero) is 1. The minimum Gasteiger partial charge on any atom is -0.326 e. The summed E-state index contributed by atoms with van der Waals surface area (Å²) >= 11 is 0. The van der Waals surface area contributed by atoms with E-state index in [9.17, 15) is 14.4 Å². The van der Waals surface area contributed by atoms with Crippen LogP contribution < -0.4 is 5.32 Å². The third-order valence-electron chi connectivity index (χ3n) is 6.94. The second-order valence-corrected chi connectivity index (χ2v) is 9.61. The zero-order chi connectivity index (χ0) is 24.5. The van der Waals surface area contributed by atoms with Gasteiger partial charge >= 0.3 is 0 Å². The monoisotopic (exact) mass is 467 g/mol. The van der Waals surface area contributed by atoms with Gasteiger partial charge in [0.05, 0.1) is 0 Å². The third kappa shape index (κ3) is 7.22. The Kier molecular flexibility index (Phi) is 8.61. The number of carbonyl (C=O) groups excluding carboxylic acids is 3. The van der Waals surface area contributed by atoms with Crippen LogP contribution in [0.1, 0.15) is 60.9 Å². The van der Waals surface area contributed by atoms with E-state index in [-0.39, 0.29) is 24.0 Å². The number of hydrogen-bond donors (Lipinski definition) is 1. The molecule has 1 aliphatic rings. The standard InChI is InChI=1S/C31H33NO3/c33-22-25(20-24-8-2-1-3-9-24)21-30(34)28-13-11-26(12-14-28)27-15-17-29(18-16-27)32-31(35)19-10-23-6-4-5-7-23/h1-3,8-9,11-18,22-23,25H,4-7,10,19-21H2,(H,32,35). The molecule has 0 heterocycles. The minimum absolute atomic E-state index is 0.0276. The van der Waals surface area contributed by atoms with E-state index in [4.69, 9.17) is 0 Å². The Morgan fingerprint density at radius 2 is 1.49 bits per heavy atom. The smallest absolute Gasteiger partial charge is 0.224 e. The van der Waals surface area contributed by atoms with Gasteiger partial charge in [-0.25, -0.2) is 0 Å². The Bertz CT molecular complexity index is 1110. The Morgan fingerprint density at radius 3 is 2.11 bits per heavy atom. The lowest BCUT2D eigenvalue weighted by atomic mass is 9.92. The predicted molar refractivity (Wildman–Crippen MR) is 140 cm³/mol. The van der Waals surface area contributed by atoms with Crippen LogP contribution in [-0.4, -0.2) is 18.0 Å². The summed E-state index contributed by atoms with van der Waals surface area (Å²) in [5.74, 6) is 0.435.